The molecule has 4 aromatic rings. The Bertz CT molecular complexity index is 1310. The van der Waals surface area contributed by atoms with Gasteiger partial charge >= 0.3 is 0 Å². The lowest BCUT2D eigenvalue weighted by atomic mass is 10.1. The molecule has 0 unspecified atom stereocenters. The van der Waals surface area contributed by atoms with E-state index in [9.17, 15) is 9.59 Å². The van der Waals surface area contributed by atoms with Crippen LogP contribution in [0.5, 0.6) is 11.5 Å². The molecular weight excluding hydrogens is 464 g/mol. The van der Waals surface area contributed by atoms with Crippen molar-refractivity contribution in [3.05, 3.63) is 83.9 Å². The summed E-state index contributed by atoms with van der Waals surface area (Å²) in [6.45, 7) is 4.71. The molecule has 1 aromatic heterocycles. The van der Waals surface area contributed by atoms with Crippen molar-refractivity contribution in [2.45, 2.75) is 13.8 Å². The number of carbonyl (C=O) groups excluding carboxylic acids is 2. The standard InChI is InChI=1S/C26H24N4O4S/c1-3-33-21-15-12-19(16-22(21)34-4-2)24(32)27-20-13-10-17(11-14-20)23(31)28-26-30-29-25(35-26)18-8-6-5-7-9-18/h5-16H,3-4H2,1-2H3,(H,27,32)(H,28,30,31). The van der Waals surface area contributed by atoms with Crippen LogP contribution < -0.4 is 20.1 Å². The van der Waals surface area contributed by atoms with Crippen LogP contribution >= 0.6 is 11.3 Å². The maximum Gasteiger partial charge on any atom is 0.257 e. The van der Waals surface area contributed by atoms with Gasteiger partial charge in [0.1, 0.15) is 5.01 Å². The molecule has 0 bridgehead atoms. The van der Waals surface area contributed by atoms with Gasteiger partial charge in [0.05, 0.1) is 13.2 Å². The van der Waals surface area contributed by atoms with Crippen molar-refractivity contribution in [1.82, 2.24) is 10.2 Å². The van der Waals surface area contributed by atoms with Crippen LogP contribution in [0, 0.1) is 0 Å². The van der Waals surface area contributed by atoms with Crippen molar-refractivity contribution in [3.8, 4) is 22.1 Å². The van der Waals surface area contributed by atoms with Crippen molar-refractivity contribution >= 4 is 34.0 Å². The summed E-state index contributed by atoms with van der Waals surface area (Å²) in [7, 11) is 0. The average Bonchev–Trinajstić information content (AvgIpc) is 3.35. The lowest BCUT2D eigenvalue weighted by Crippen LogP contribution is -2.14. The molecule has 0 saturated carbocycles. The van der Waals surface area contributed by atoms with E-state index in [0.717, 1.165) is 10.6 Å². The summed E-state index contributed by atoms with van der Waals surface area (Å²) in [6.07, 6.45) is 0. The number of rotatable bonds is 9. The molecule has 0 spiro atoms. The van der Waals surface area contributed by atoms with Crippen molar-refractivity contribution in [3.63, 3.8) is 0 Å². The molecule has 1 heterocycles. The summed E-state index contributed by atoms with van der Waals surface area (Å²) in [5.41, 5.74) is 2.36. The highest BCUT2D eigenvalue weighted by atomic mass is 32.1. The first kappa shape index (κ1) is 23.9. The van der Waals surface area contributed by atoms with Gasteiger partial charge < -0.3 is 14.8 Å². The largest absolute Gasteiger partial charge is 0.490 e. The van der Waals surface area contributed by atoms with Gasteiger partial charge in [-0.15, -0.1) is 10.2 Å². The number of hydrogen-bond acceptors (Lipinski definition) is 7. The first-order valence-electron chi connectivity index (χ1n) is 11.1. The van der Waals surface area contributed by atoms with Crippen LogP contribution in [0.15, 0.2) is 72.8 Å². The smallest absolute Gasteiger partial charge is 0.257 e. The third kappa shape index (κ3) is 6.01. The molecule has 2 N–H and O–H groups in total. The highest BCUT2D eigenvalue weighted by Crippen LogP contribution is 2.29. The number of anilines is 2. The maximum absolute atomic E-state index is 12.7. The van der Waals surface area contributed by atoms with Crippen LogP contribution in [0.4, 0.5) is 10.8 Å². The lowest BCUT2D eigenvalue weighted by Gasteiger charge is -2.12. The molecule has 0 aliphatic carbocycles. The molecule has 0 atom stereocenters. The second-order valence-electron chi connectivity index (χ2n) is 7.29. The number of aromatic nitrogens is 2. The summed E-state index contributed by atoms with van der Waals surface area (Å²) in [5.74, 6) is 0.494. The number of hydrogen-bond donors (Lipinski definition) is 2. The Kier molecular flexibility index (Phi) is 7.69. The predicted molar refractivity (Wildman–Crippen MR) is 136 cm³/mol. The zero-order valence-electron chi connectivity index (χ0n) is 19.3. The van der Waals surface area contributed by atoms with E-state index < -0.39 is 0 Å². The Hall–Kier alpha value is -4.24. The predicted octanol–water partition coefficient (Wildman–Crippen LogP) is 5.51. The van der Waals surface area contributed by atoms with Crippen LogP contribution in [0.2, 0.25) is 0 Å². The quantitative estimate of drug-likeness (QED) is 0.322. The van der Waals surface area contributed by atoms with Gasteiger partial charge in [-0.3, -0.25) is 14.9 Å². The van der Waals surface area contributed by atoms with E-state index in [1.165, 1.54) is 11.3 Å². The van der Waals surface area contributed by atoms with Crippen molar-refractivity contribution in [1.29, 1.82) is 0 Å². The summed E-state index contributed by atoms with van der Waals surface area (Å²) in [5, 5.41) is 14.9. The summed E-state index contributed by atoms with van der Waals surface area (Å²) in [6, 6.07) is 21.3. The molecule has 4 rings (SSSR count). The van der Waals surface area contributed by atoms with E-state index in [1.807, 2.05) is 44.2 Å². The number of nitrogens with zero attached hydrogens (tertiary/aromatic N) is 2. The first-order chi connectivity index (χ1) is 17.1. The van der Waals surface area contributed by atoms with Crippen LogP contribution in [-0.2, 0) is 0 Å². The normalized spacial score (nSPS) is 10.5. The fourth-order valence-electron chi connectivity index (χ4n) is 3.24. The van der Waals surface area contributed by atoms with E-state index in [0.29, 0.717) is 46.7 Å². The first-order valence-corrected chi connectivity index (χ1v) is 11.9. The van der Waals surface area contributed by atoms with Gasteiger partial charge in [0.15, 0.2) is 11.5 Å². The van der Waals surface area contributed by atoms with E-state index in [4.69, 9.17) is 9.47 Å². The fraction of sp³-hybridized carbons (Fsp3) is 0.154. The molecule has 8 nitrogen and oxygen atoms in total. The Morgan fingerprint density at radius 2 is 1.43 bits per heavy atom. The molecule has 0 saturated heterocycles. The van der Waals surface area contributed by atoms with Gasteiger partial charge in [0, 0.05) is 22.4 Å². The topological polar surface area (TPSA) is 102 Å². The summed E-state index contributed by atoms with van der Waals surface area (Å²) in [4.78, 5) is 25.3. The maximum atomic E-state index is 12.7. The Balaban J connectivity index is 1.39. The average molecular weight is 489 g/mol. The van der Waals surface area contributed by atoms with Crippen molar-refractivity contribution in [2.75, 3.05) is 23.8 Å². The zero-order chi connectivity index (χ0) is 24.6. The number of nitrogens with one attached hydrogen (secondary N) is 2. The number of carbonyl (C=O) groups is 2. The second-order valence-corrected chi connectivity index (χ2v) is 8.27. The van der Waals surface area contributed by atoms with Crippen molar-refractivity contribution < 1.29 is 19.1 Å². The van der Waals surface area contributed by atoms with Gasteiger partial charge in [-0.1, -0.05) is 41.7 Å². The highest BCUT2D eigenvalue weighted by molar-refractivity contribution is 7.18. The Labute approximate surface area is 206 Å². The molecule has 9 heteroatoms. The van der Waals surface area contributed by atoms with Gasteiger partial charge in [-0.05, 0) is 56.3 Å². The SMILES string of the molecule is CCOc1ccc(C(=O)Nc2ccc(C(=O)Nc3nnc(-c4ccccc4)s3)cc2)cc1OCC. The third-order valence-electron chi connectivity index (χ3n) is 4.88. The van der Waals surface area contributed by atoms with E-state index in [-0.39, 0.29) is 11.8 Å². The van der Waals surface area contributed by atoms with Gasteiger partial charge in [-0.2, -0.15) is 0 Å². The molecule has 2 amide bonds. The second kappa shape index (κ2) is 11.3. The minimum absolute atomic E-state index is 0.298. The molecule has 35 heavy (non-hydrogen) atoms. The van der Waals surface area contributed by atoms with Gasteiger partial charge in [-0.25, -0.2) is 0 Å². The molecule has 0 fully saturated rings. The summed E-state index contributed by atoms with van der Waals surface area (Å²) >= 11 is 1.30. The Morgan fingerprint density at radius 3 is 2.14 bits per heavy atom. The van der Waals surface area contributed by atoms with Crippen LogP contribution in [0.1, 0.15) is 34.6 Å². The number of amides is 2. The number of ether oxygens (including phenoxy) is 2. The molecule has 3 aromatic carbocycles. The lowest BCUT2D eigenvalue weighted by molar-refractivity contribution is 0.101. The highest BCUT2D eigenvalue weighted by Gasteiger charge is 2.14. The molecule has 0 aliphatic rings. The van der Waals surface area contributed by atoms with E-state index in [1.54, 1.807) is 42.5 Å². The number of benzene rings is 3. The summed E-state index contributed by atoms with van der Waals surface area (Å²) < 4.78 is 11.1. The van der Waals surface area contributed by atoms with E-state index in [2.05, 4.69) is 20.8 Å². The molecule has 0 aliphatic heterocycles. The fourth-order valence-corrected chi connectivity index (χ4v) is 3.99. The van der Waals surface area contributed by atoms with Crippen LogP contribution in [-0.4, -0.2) is 35.2 Å². The molecule has 0 radical (unpaired) electrons. The monoisotopic (exact) mass is 488 g/mol. The van der Waals surface area contributed by atoms with Gasteiger partial charge in [0.2, 0.25) is 5.13 Å². The zero-order valence-corrected chi connectivity index (χ0v) is 20.1. The minimum Gasteiger partial charge on any atom is -0.490 e. The van der Waals surface area contributed by atoms with Crippen LogP contribution in [0.25, 0.3) is 10.6 Å². The Morgan fingerprint density at radius 1 is 0.771 bits per heavy atom. The minimum atomic E-state index is -0.313. The van der Waals surface area contributed by atoms with Crippen molar-refractivity contribution in [2.24, 2.45) is 0 Å². The van der Waals surface area contributed by atoms with Gasteiger partial charge in [0.25, 0.3) is 11.8 Å². The van der Waals surface area contributed by atoms with Crippen LogP contribution in [0.3, 0.4) is 0 Å². The molecular formula is C26H24N4O4S. The molecule has 178 valence electrons. The van der Waals surface area contributed by atoms with E-state index >= 15 is 0 Å². The third-order valence-corrected chi connectivity index (χ3v) is 5.76.